The molecule has 0 spiro atoms. The van der Waals surface area contributed by atoms with Gasteiger partial charge in [-0.25, -0.2) is 8.78 Å². The zero-order chi connectivity index (χ0) is 30.4. The summed E-state index contributed by atoms with van der Waals surface area (Å²) >= 11 is 0. The van der Waals surface area contributed by atoms with Gasteiger partial charge in [0.1, 0.15) is 0 Å². The first-order valence-corrected chi connectivity index (χ1v) is 15.7. The van der Waals surface area contributed by atoms with E-state index in [2.05, 4.69) is 25.5 Å². The van der Waals surface area contributed by atoms with Crippen molar-refractivity contribution in [3.63, 3.8) is 0 Å². The van der Waals surface area contributed by atoms with Gasteiger partial charge in [-0.05, 0) is 111 Å². The summed E-state index contributed by atoms with van der Waals surface area (Å²) in [5.41, 5.74) is 0.621. The van der Waals surface area contributed by atoms with Crippen molar-refractivity contribution in [2.45, 2.75) is 104 Å². The number of ether oxygens (including phenoxy) is 2. The van der Waals surface area contributed by atoms with Crippen LogP contribution >= 0.6 is 0 Å². The number of carbonyl (C=O) groups is 2. The lowest BCUT2D eigenvalue weighted by atomic mass is 9.44. The Hall–Kier alpha value is -2.16. The number of halogens is 4. The molecular weight excluding hydrogens is 552 g/mol. The molecule has 1 N–H and O–H groups in total. The number of esters is 2. The maximum absolute atomic E-state index is 13.7. The number of rotatable bonds is 8. The highest BCUT2D eigenvalue weighted by molar-refractivity contribution is 5.79. The van der Waals surface area contributed by atoms with Gasteiger partial charge in [0, 0.05) is 6.07 Å². The van der Waals surface area contributed by atoms with E-state index in [0.29, 0.717) is 35.5 Å². The topological polar surface area (TPSA) is 72.8 Å². The summed E-state index contributed by atoms with van der Waals surface area (Å²) in [4.78, 5) is 24.2. The van der Waals surface area contributed by atoms with Gasteiger partial charge < -0.3 is 14.6 Å². The zero-order valence-corrected chi connectivity index (χ0v) is 24.9. The van der Waals surface area contributed by atoms with Crippen molar-refractivity contribution in [3.8, 4) is 5.75 Å². The Labute approximate surface area is 245 Å². The van der Waals surface area contributed by atoms with E-state index in [0.717, 1.165) is 31.1 Å². The first-order chi connectivity index (χ1) is 19.8. The van der Waals surface area contributed by atoms with Crippen LogP contribution in [0.3, 0.4) is 0 Å². The minimum absolute atomic E-state index is 0.0197. The number of carbonyl (C=O) groups excluding carboxylic acids is 2. The third-order valence-electron chi connectivity index (χ3n) is 12.1. The molecule has 1 aromatic rings. The Bertz CT molecular complexity index is 1170. The lowest BCUT2D eigenvalue weighted by Crippen LogP contribution is -2.54. The van der Waals surface area contributed by atoms with Crippen molar-refractivity contribution >= 4 is 11.9 Å². The lowest BCUT2D eigenvalue weighted by Gasteiger charge is -2.61. The maximum Gasteiger partial charge on any atom is 0.311 e. The Kier molecular flexibility index (Phi) is 9.00. The second kappa shape index (κ2) is 12.1. The van der Waals surface area contributed by atoms with Crippen molar-refractivity contribution in [1.82, 2.24) is 0 Å². The summed E-state index contributed by atoms with van der Waals surface area (Å²) in [6.45, 7) is 7.43. The van der Waals surface area contributed by atoms with Gasteiger partial charge in [0.05, 0.1) is 25.6 Å². The molecule has 0 aliphatic heterocycles. The van der Waals surface area contributed by atoms with Crippen molar-refractivity contribution in [1.29, 1.82) is 0 Å². The molecule has 4 fully saturated rings. The molecule has 5 nitrogen and oxygen atoms in total. The highest BCUT2D eigenvalue weighted by Crippen LogP contribution is 2.68. The van der Waals surface area contributed by atoms with E-state index in [1.165, 1.54) is 38.5 Å². The Morgan fingerprint density at radius 3 is 2.26 bits per heavy atom. The van der Waals surface area contributed by atoms with Crippen LogP contribution in [0.1, 0.15) is 97.8 Å². The number of aliphatic hydroxyl groups excluding tert-OH is 1. The van der Waals surface area contributed by atoms with Crippen LogP contribution in [0.2, 0.25) is 0 Å². The quantitative estimate of drug-likeness (QED) is 0.146. The molecule has 0 heterocycles. The van der Waals surface area contributed by atoms with Crippen LogP contribution in [0.5, 0.6) is 5.75 Å². The zero-order valence-electron chi connectivity index (χ0n) is 24.9. The second-order valence-corrected chi connectivity index (χ2v) is 14.1. The largest absolute Gasteiger partial charge is 0.466 e. The molecule has 0 radical (unpaired) electrons. The fourth-order valence-electron chi connectivity index (χ4n) is 9.85. The van der Waals surface area contributed by atoms with Crippen LogP contribution in [-0.2, 0) is 14.3 Å². The van der Waals surface area contributed by atoms with E-state index in [1.807, 2.05) is 0 Å². The standard InChI is InChI=1S/C33H44F4O5/c1-18(12-15-41-27(39)8-9-28(40)42-31-29(36)25(34)17-26(35)30(31)37)22-6-7-23-21-5-4-19-16-20(38)10-13-32(19,2)24(21)11-14-33(22,23)3/h17-24,38H,4-16H2,1-3H3/t18-,19?,20-,21-,22-,23-,24-,32+,33-/m1/s1. The van der Waals surface area contributed by atoms with Gasteiger partial charge in [-0.15, -0.1) is 0 Å². The molecule has 0 amide bonds. The fraction of sp³-hybridized carbons (Fsp3) is 0.758. The normalized spacial score (nSPS) is 36.4. The van der Waals surface area contributed by atoms with Crippen LogP contribution in [0, 0.1) is 69.6 Å². The first-order valence-electron chi connectivity index (χ1n) is 15.7. The van der Waals surface area contributed by atoms with Gasteiger partial charge in [-0.2, -0.15) is 8.78 Å². The molecular formula is C33H44F4O5. The van der Waals surface area contributed by atoms with E-state index < -0.39 is 47.4 Å². The highest BCUT2D eigenvalue weighted by Gasteiger charge is 2.60. The lowest BCUT2D eigenvalue weighted by molar-refractivity contribution is -0.147. The predicted octanol–water partition coefficient (Wildman–Crippen LogP) is 7.52. The van der Waals surface area contributed by atoms with Crippen LogP contribution in [0.4, 0.5) is 17.6 Å². The van der Waals surface area contributed by atoms with E-state index in [4.69, 9.17) is 4.74 Å². The van der Waals surface area contributed by atoms with Crippen LogP contribution in [0.25, 0.3) is 0 Å². The molecule has 9 atom stereocenters. The van der Waals surface area contributed by atoms with Gasteiger partial charge >= 0.3 is 11.9 Å². The minimum atomic E-state index is -1.81. The molecule has 234 valence electrons. The number of hydrogen-bond acceptors (Lipinski definition) is 5. The fourth-order valence-corrected chi connectivity index (χ4v) is 9.85. The van der Waals surface area contributed by atoms with Gasteiger partial charge in [-0.1, -0.05) is 20.8 Å². The van der Waals surface area contributed by atoms with Gasteiger partial charge in [-0.3, -0.25) is 9.59 Å². The minimum Gasteiger partial charge on any atom is -0.466 e. The predicted molar refractivity (Wildman–Crippen MR) is 147 cm³/mol. The van der Waals surface area contributed by atoms with Crippen LogP contribution < -0.4 is 4.74 Å². The number of fused-ring (bicyclic) bond motifs is 5. The van der Waals surface area contributed by atoms with Crippen molar-refractivity contribution < 1.29 is 41.7 Å². The number of aliphatic hydroxyl groups is 1. The smallest absolute Gasteiger partial charge is 0.311 e. The van der Waals surface area contributed by atoms with E-state index in [-0.39, 0.29) is 30.6 Å². The third-order valence-corrected chi connectivity index (χ3v) is 12.1. The SMILES string of the molecule is C[C@H](CCOC(=O)CCC(=O)Oc1c(F)c(F)cc(F)c1F)[C@H]1CC[C@@H]2[C@H]3CCC4C[C@H](O)CC[C@]4(C)[C@@H]3CC[C@@]21C. The molecule has 1 aromatic carbocycles. The molecule has 1 unspecified atom stereocenters. The molecule has 4 aliphatic rings. The summed E-state index contributed by atoms with van der Waals surface area (Å²) in [6, 6.07) is 0.0197. The van der Waals surface area contributed by atoms with Crippen LogP contribution in [0.15, 0.2) is 6.07 Å². The molecule has 9 heteroatoms. The summed E-state index contributed by atoms with van der Waals surface area (Å²) in [5.74, 6) is -6.55. The van der Waals surface area contributed by atoms with Gasteiger partial charge in [0.2, 0.25) is 17.4 Å². The Balaban J connectivity index is 1.09. The summed E-state index contributed by atoms with van der Waals surface area (Å²) in [5, 5.41) is 10.3. The molecule has 0 aromatic heterocycles. The molecule has 4 aliphatic carbocycles. The molecule has 42 heavy (non-hydrogen) atoms. The number of benzene rings is 1. The highest BCUT2D eigenvalue weighted by atomic mass is 19.2. The van der Waals surface area contributed by atoms with E-state index >= 15 is 0 Å². The average Bonchev–Trinajstić information content (AvgIpc) is 3.31. The second-order valence-electron chi connectivity index (χ2n) is 14.1. The Morgan fingerprint density at radius 1 is 0.905 bits per heavy atom. The van der Waals surface area contributed by atoms with Crippen molar-refractivity contribution in [3.05, 3.63) is 29.3 Å². The van der Waals surface area contributed by atoms with Crippen LogP contribution in [-0.4, -0.2) is 29.8 Å². The Morgan fingerprint density at radius 2 is 1.55 bits per heavy atom. The number of hydrogen-bond donors (Lipinski definition) is 1. The molecule has 0 saturated heterocycles. The van der Waals surface area contributed by atoms with E-state index in [9.17, 15) is 32.3 Å². The summed E-state index contributed by atoms with van der Waals surface area (Å²) in [7, 11) is 0. The molecule has 5 rings (SSSR count). The monoisotopic (exact) mass is 596 g/mol. The van der Waals surface area contributed by atoms with E-state index in [1.54, 1.807) is 0 Å². The third kappa shape index (κ3) is 5.71. The van der Waals surface area contributed by atoms with Crippen molar-refractivity contribution in [2.75, 3.05) is 6.61 Å². The summed E-state index contributed by atoms with van der Waals surface area (Å²) < 4.78 is 63.9. The van der Waals surface area contributed by atoms with Crippen molar-refractivity contribution in [2.24, 2.45) is 46.3 Å². The first kappa shape index (κ1) is 31.3. The van der Waals surface area contributed by atoms with Gasteiger partial charge in [0.15, 0.2) is 11.6 Å². The summed E-state index contributed by atoms with van der Waals surface area (Å²) in [6.07, 6.45) is 10.1. The maximum atomic E-state index is 13.7. The average molecular weight is 597 g/mol. The molecule has 4 saturated carbocycles. The molecule has 0 bridgehead atoms. The van der Waals surface area contributed by atoms with Gasteiger partial charge in [0.25, 0.3) is 0 Å².